The van der Waals surface area contributed by atoms with Crippen molar-refractivity contribution < 1.29 is 14.0 Å². The van der Waals surface area contributed by atoms with Crippen LogP contribution in [0.2, 0.25) is 5.02 Å². The van der Waals surface area contributed by atoms with E-state index in [9.17, 15) is 0 Å². The van der Waals surface area contributed by atoms with E-state index in [1.807, 2.05) is 54.1 Å². The normalized spacial score (nSPS) is 15.7. The molecule has 2 aromatic heterocycles. The highest BCUT2D eigenvalue weighted by Crippen LogP contribution is 2.32. The van der Waals surface area contributed by atoms with Crippen LogP contribution in [0, 0.1) is 0 Å². The van der Waals surface area contributed by atoms with Crippen LogP contribution >= 0.6 is 11.6 Å². The SMILES string of the molecule is CCOc1ccc(C2Cn3nnc(-c4nc(-c5ccccc5Cl)no4)c3CO2)cc1. The maximum atomic E-state index is 6.23. The summed E-state index contributed by atoms with van der Waals surface area (Å²) in [5, 5.41) is 13.1. The number of halogens is 1. The molecule has 4 aromatic rings. The van der Waals surface area contributed by atoms with E-state index in [-0.39, 0.29) is 12.0 Å². The Bertz CT molecular complexity index is 1170. The summed E-state index contributed by atoms with van der Waals surface area (Å²) in [4.78, 5) is 4.45. The molecule has 3 heterocycles. The van der Waals surface area contributed by atoms with Gasteiger partial charge < -0.3 is 14.0 Å². The zero-order valence-corrected chi connectivity index (χ0v) is 16.9. The van der Waals surface area contributed by atoms with Crippen molar-refractivity contribution in [1.82, 2.24) is 25.1 Å². The Hall–Kier alpha value is -3.23. The van der Waals surface area contributed by atoms with Crippen LogP contribution in [0.5, 0.6) is 5.75 Å². The van der Waals surface area contributed by atoms with Crippen molar-refractivity contribution in [3.8, 4) is 28.7 Å². The van der Waals surface area contributed by atoms with E-state index in [1.165, 1.54) is 0 Å². The van der Waals surface area contributed by atoms with Gasteiger partial charge in [-0.1, -0.05) is 46.2 Å². The molecule has 0 fully saturated rings. The van der Waals surface area contributed by atoms with Gasteiger partial charge >= 0.3 is 0 Å². The molecule has 1 aliphatic rings. The lowest BCUT2D eigenvalue weighted by molar-refractivity contribution is -0.00119. The van der Waals surface area contributed by atoms with Crippen molar-refractivity contribution in [3.05, 3.63) is 64.8 Å². The fourth-order valence-corrected chi connectivity index (χ4v) is 3.62. The molecule has 30 heavy (non-hydrogen) atoms. The predicted molar refractivity (Wildman–Crippen MR) is 109 cm³/mol. The minimum Gasteiger partial charge on any atom is -0.494 e. The molecule has 152 valence electrons. The molecule has 0 aliphatic carbocycles. The second kappa shape index (κ2) is 7.89. The highest BCUT2D eigenvalue weighted by molar-refractivity contribution is 6.33. The second-order valence-electron chi connectivity index (χ2n) is 6.77. The molecule has 0 bridgehead atoms. The second-order valence-corrected chi connectivity index (χ2v) is 7.18. The van der Waals surface area contributed by atoms with Crippen LogP contribution in [0.3, 0.4) is 0 Å². The van der Waals surface area contributed by atoms with Crippen LogP contribution in [-0.4, -0.2) is 31.7 Å². The van der Waals surface area contributed by atoms with E-state index in [1.54, 1.807) is 6.07 Å². The van der Waals surface area contributed by atoms with Crippen molar-refractivity contribution in [3.63, 3.8) is 0 Å². The summed E-state index contributed by atoms with van der Waals surface area (Å²) >= 11 is 6.23. The van der Waals surface area contributed by atoms with Gasteiger partial charge in [0.05, 0.1) is 30.5 Å². The lowest BCUT2D eigenvalue weighted by Crippen LogP contribution is -2.22. The Balaban J connectivity index is 1.37. The van der Waals surface area contributed by atoms with Gasteiger partial charge in [0.15, 0.2) is 5.69 Å². The van der Waals surface area contributed by atoms with Gasteiger partial charge in [-0.15, -0.1) is 5.10 Å². The molecule has 1 atom stereocenters. The van der Waals surface area contributed by atoms with Crippen LogP contribution in [0.4, 0.5) is 0 Å². The first-order valence-corrected chi connectivity index (χ1v) is 9.96. The van der Waals surface area contributed by atoms with Gasteiger partial charge in [-0.05, 0) is 36.8 Å². The summed E-state index contributed by atoms with van der Waals surface area (Å²) in [6, 6.07) is 15.2. The zero-order chi connectivity index (χ0) is 20.5. The van der Waals surface area contributed by atoms with Crippen LogP contribution in [0.1, 0.15) is 24.3 Å². The fourth-order valence-electron chi connectivity index (χ4n) is 3.40. The Morgan fingerprint density at radius 2 is 2.00 bits per heavy atom. The van der Waals surface area contributed by atoms with Crippen LogP contribution in [0.15, 0.2) is 53.1 Å². The van der Waals surface area contributed by atoms with E-state index in [0.29, 0.717) is 41.9 Å². The van der Waals surface area contributed by atoms with Gasteiger partial charge in [0.25, 0.3) is 5.89 Å². The maximum Gasteiger partial charge on any atom is 0.280 e. The minimum atomic E-state index is -0.121. The zero-order valence-electron chi connectivity index (χ0n) is 16.2. The average molecular weight is 424 g/mol. The fraction of sp³-hybridized carbons (Fsp3) is 0.238. The summed E-state index contributed by atoms with van der Waals surface area (Å²) in [6.45, 7) is 3.48. The predicted octanol–water partition coefficient (Wildman–Crippen LogP) is 4.32. The van der Waals surface area contributed by atoms with Gasteiger partial charge in [-0.3, -0.25) is 0 Å². The number of benzene rings is 2. The first-order valence-electron chi connectivity index (χ1n) is 9.58. The smallest absolute Gasteiger partial charge is 0.280 e. The third-order valence-corrected chi connectivity index (χ3v) is 5.23. The first-order chi connectivity index (χ1) is 14.7. The van der Waals surface area contributed by atoms with Crippen molar-refractivity contribution in [1.29, 1.82) is 0 Å². The van der Waals surface area contributed by atoms with Crippen molar-refractivity contribution in [2.24, 2.45) is 0 Å². The lowest BCUT2D eigenvalue weighted by Gasteiger charge is -2.24. The lowest BCUT2D eigenvalue weighted by atomic mass is 10.1. The Kier molecular flexibility index (Phi) is 4.94. The summed E-state index contributed by atoms with van der Waals surface area (Å²) in [5.41, 5.74) is 3.07. The van der Waals surface area contributed by atoms with Crippen LogP contribution in [0.25, 0.3) is 23.0 Å². The molecule has 0 amide bonds. The molecule has 9 heteroatoms. The molecule has 0 N–H and O–H groups in total. The van der Waals surface area contributed by atoms with Gasteiger partial charge in [0, 0.05) is 5.56 Å². The maximum absolute atomic E-state index is 6.23. The minimum absolute atomic E-state index is 0.121. The summed E-state index contributed by atoms with van der Waals surface area (Å²) in [6.07, 6.45) is -0.121. The Morgan fingerprint density at radius 1 is 1.17 bits per heavy atom. The number of rotatable bonds is 5. The van der Waals surface area contributed by atoms with Crippen molar-refractivity contribution in [2.45, 2.75) is 26.2 Å². The van der Waals surface area contributed by atoms with Crippen LogP contribution < -0.4 is 4.74 Å². The Labute approximate surface area is 177 Å². The molecule has 1 unspecified atom stereocenters. The monoisotopic (exact) mass is 423 g/mol. The van der Waals surface area contributed by atoms with Gasteiger partial charge in [0.1, 0.15) is 11.9 Å². The molecule has 8 nitrogen and oxygen atoms in total. The summed E-state index contributed by atoms with van der Waals surface area (Å²) in [5.74, 6) is 1.53. The van der Waals surface area contributed by atoms with Crippen molar-refractivity contribution >= 4 is 11.6 Å². The standard InChI is InChI=1S/C21H18ClN5O3/c1-2-28-14-9-7-13(8-10-14)18-11-27-17(12-29-18)19(24-26-27)21-23-20(25-30-21)15-5-3-4-6-16(15)22/h3-10,18H,2,11-12H2,1H3. The highest BCUT2D eigenvalue weighted by atomic mass is 35.5. The van der Waals surface area contributed by atoms with Crippen LogP contribution in [-0.2, 0) is 17.9 Å². The first kappa shape index (κ1) is 18.8. The number of nitrogens with zero attached hydrogens (tertiary/aromatic N) is 5. The molecular formula is C21H18ClN5O3. The molecule has 1 aliphatic heterocycles. The summed E-state index contributed by atoms with van der Waals surface area (Å²) < 4.78 is 18.8. The topological polar surface area (TPSA) is 88.1 Å². The number of aromatic nitrogens is 5. The van der Waals surface area contributed by atoms with E-state index >= 15 is 0 Å². The van der Waals surface area contributed by atoms with Crippen molar-refractivity contribution in [2.75, 3.05) is 6.61 Å². The van der Waals surface area contributed by atoms with E-state index in [2.05, 4.69) is 20.5 Å². The average Bonchev–Trinajstić information content (AvgIpc) is 3.41. The molecular weight excluding hydrogens is 406 g/mol. The quantitative estimate of drug-likeness (QED) is 0.472. The largest absolute Gasteiger partial charge is 0.494 e. The highest BCUT2D eigenvalue weighted by Gasteiger charge is 2.28. The van der Waals surface area contributed by atoms with E-state index in [4.69, 9.17) is 25.6 Å². The van der Waals surface area contributed by atoms with E-state index < -0.39 is 0 Å². The molecule has 0 spiro atoms. The molecule has 5 rings (SSSR count). The number of hydrogen-bond acceptors (Lipinski definition) is 7. The molecule has 2 aromatic carbocycles. The van der Waals surface area contributed by atoms with Gasteiger partial charge in [-0.25, -0.2) is 4.68 Å². The molecule has 0 radical (unpaired) electrons. The number of ether oxygens (including phenoxy) is 2. The van der Waals surface area contributed by atoms with E-state index in [0.717, 1.165) is 17.0 Å². The Morgan fingerprint density at radius 3 is 2.80 bits per heavy atom. The summed E-state index contributed by atoms with van der Waals surface area (Å²) in [7, 11) is 0. The molecule has 0 saturated carbocycles. The number of hydrogen-bond donors (Lipinski definition) is 0. The number of fused-ring (bicyclic) bond motifs is 1. The third kappa shape index (κ3) is 3.44. The van der Waals surface area contributed by atoms with Gasteiger partial charge in [-0.2, -0.15) is 4.98 Å². The third-order valence-electron chi connectivity index (χ3n) is 4.90. The van der Waals surface area contributed by atoms with Gasteiger partial charge in [0.2, 0.25) is 5.82 Å². The molecule has 0 saturated heterocycles.